The van der Waals surface area contributed by atoms with Crippen molar-refractivity contribution in [1.82, 2.24) is 9.55 Å². The fourth-order valence-electron chi connectivity index (χ4n) is 4.37. The minimum absolute atomic E-state index is 0.203. The van der Waals surface area contributed by atoms with Gasteiger partial charge in [0.2, 0.25) is 11.9 Å². The first-order valence-corrected chi connectivity index (χ1v) is 11.3. The molecule has 0 aliphatic carbocycles. The zero-order chi connectivity index (χ0) is 22.7. The van der Waals surface area contributed by atoms with E-state index >= 15 is 0 Å². The second-order valence-corrected chi connectivity index (χ2v) is 7.76. The number of para-hydroxylation sites is 3. The lowest BCUT2D eigenvalue weighted by molar-refractivity contribution is -0.153. The first-order chi connectivity index (χ1) is 15.6. The molecular formula is C25H29N3O4. The molecule has 168 valence electrons. The van der Waals surface area contributed by atoms with Gasteiger partial charge in [-0.15, -0.1) is 0 Å². The Hall–Kier alpha value is -3.35. The maximum absolute atomic E-state index is 13.8. The van der Waals surface area contributed by atoms with E-state index < -0.39 is 17.9 Å². The average molecular weight is 436 g/mol. The van der Waals surface area contributed by atoms with E-state index in [9.17, 15) is 9.59 Å². The van der Waals surface area contributed by atoms with Crippen molar-refractivity contribution in [3.63, 3.8) is 0 Å². The van der Waals surface area contributed by atoms with Crippen molar-refractivity contribution in [1.29, 1.82) is 0 Å². The molecule has 0 saturated heterocycles. The number of carbonyl (C=O) groups is 2. The van der Waals surface area contributed by atoms with Crippen molar-refractivity contribution >= 4 is 28.9 Å². The van der Waals surface area contributed by atoms with Crippen LogP contribution < -0.4 is 9.64 Å². The van der Waals surface area contributed by atoms with Crippen LogP contribution in [0.3, 0.4) is 0 Å². The van der Waals surface area contributed by atoms with Gasteiger partial charge in [0.25, 0.3) is 0 Å². The largest absolute Gasteiger partial charge is 0.494 e. The minimum atomic E-state index is -1.03. The minimum Gasteiger partial charge on any atom is -0.494 e. The Morgan fingerprint density at radius 1 is 1.03 bits per heavy atom. The summed E-state index contributed by atoms with van der Waals surface area (Å²) in [5.41, 5.74) is 2.41. The number of carbonyl (C=O) groups excluding carboxylic acids is 2. The third-order valence-electron chi connectivity index (χ3n) is 5.76. The number of unbranched alkanes of at least 4 members (excludes halogenated alkanes) is 1. The molecule has 2 heterocycles. The van der Waals surface area contributed by atoms with Crippen LogP contribution in [0.15, 0.2) is 48.5 Å². The van der Waals surface area contributed by atoms with Gasteiger partial charge in [-0.2, -0.15) is 0 Å². The van der Waals surface area contributed by atoms with Crippen LogP contribution in [0.5, 0.6) is 5.75 Å². The molecule has 0 saturated carbocycles. The summed E-state index contributed by atoms with van der Waals surface area (Å²) >= 11 is 0. The highest BCUT2D eigenvalue weighted by Crippen LogP contribution is 2.43. The molecule has 0 unspecified atom stereocenters. The van der Waals surface area contributed by atoms with Gasteiger partial charge in [0.15, 0.2) is 5.92 Å². The molecule has 0 bridgehead atoms. The maximum Gasteiger partial charge on any atom is 0.321 e. The van der Waals surface area contributed by atoms with Crippen molar-refractivity contribution in [3.05, 3.63) is 54.1 Å². The fourth-order valence-corrected chi connectivity index (χ4v) is 4.37. The molecular weight excluding hydrogens is 406 g/mol. The van der Waals surface area contributed by atoms with Crippen LogP contribution in [0.4, 0.5) is 5.95 Å². The second kappa shape index (κ2) is 9.42. The predicted octanol–water partition coefficient (Wildman–Crippen LogP) is 4.35. The number of ether oxygens (including phenoxy) is 2. The predicted molar refractivity (Wildman–Crippen MR) is 123 cm³/mol. The number of anilines is 1. The van der Waals surface area contributed by atoms with E-state index in [0.29, 0.717) is 24.8 Å². The molecule has 2 atom stereocenters. The van der Waals surface area contributed by atoms with E-state index in [1.807, 2.05) is 60.0 Å². The van der Waals surface area contributed by atoms with Crippen LogP contribution in [-0.2, 0) is 14.3 Å². The molecule has 1 amide bonds. The van der Waals surface area contributed by atoms with Crippen molar-refractivity contribution in [2.45, 2.75) is 39.7 Å². The highest BCUT2D eigenvalue weighted by atomic mass is 16.5. The fraction of sp³-hybridized carbons (Fsp3) is 0.400. The Morgan fingerprint density at radius 3 is 2.53 bits per heavy atom. The van der Waals surface area contributed by atoms with Gasteiger partial charge in [-0.3, -0.25) is 14.5 Å². The third kappa shape index (κ3) is 3.72. The van der Waals surface area contributed by atoms with Gasteiger partial charge in [0.1, 0.15) is 5.75 Å². The van der Waals surface area contributed by atoms with Crippen molar-refractivity contribution in [3.8, 4) is 5.75 Å². The van der Waals surface area contributed by atoms with E-state index in [0.717, 1.165) is 29.4 Å². The summed E-state index contributed by atoms with van der Waals surface area (Å²) in [6.45, 7) is 6.91. The molecule has 1 aromatic heterocycles. The van der Waals surface area contributed by atoms with Crippen LogP contribution in [-0.4, -0.2) is 41.2 Å². The van der Waals surface area contributed by atoms with E-state index in [1.165, 1.54) is 0 Å². The number of hydrogen-bond donors (Lipinski definition) is 0. The molecule has 1 aliphatic rings. The smallest absolute Gasteiger partial charge is 0.321 e. The first-order valence-electron chi connectivity index (χ1n) is 11.3. The Kier molecular flexibility index (Phi) is 6.44. The summed E-state index contributed by atoms with van der Waals surface area (Å²) < 4.78 is 13.3. The van der Waals surface area contributed by atoms with E-state index in [1.54, 1.807) is 11.8 Å². The molecule has 3 aromatic rings. The molecule has 4 rings (SSSR count). The van der Waals surface area contributed by atoms with Crippen molar-refractivity contribution in [2.24, 2.45) is 5.92 Å². The standard InChI is InChI=1S/C25H29N3O4/c1-4-7-16-27-23(29)21(24(30)32-6-3)22(17-12-8-11-15-20(17)31-5-2)28-19-14-10-9-13-18(19)26-25(27)28/h8-15,21-22H,4-7,16H2,1-3H3/t21-,22-/m1/s1. The number of benzene rings is 2. The van der Waals surface area contributed by atoms with Crippen LogP contribution in [0.25, 0.3) is 11.0 Å². The zero-order valence-corrected chi connectivity index (χ0v) is 18.8. The highest BCUT2D eigenvalue weighted by Gasteiger charge is 2.48. The van der Waals surface area contributed by atoms with E-state index in [-0.39, 0.29) is 12.5 Å². The Bertz CT molecular complexity index is 1120. The van der Waals surface area contributed by atoms with Gasteiger partial charge in [0.05, 0.1) is 30.3 Å². The zero-order valence-electron chi connectivity index (χ0n) is 18.8. The summed E-state index contributed by atoms with van der Waals surface area (Å²) in [6.07, 6.45) is 1.73. The number of aromatic nitrogens is 2. The lowest BCUT2D eigenvalue weighted by atomic mass is 9.88. The summed E-state index contributed by atoms with van der Waals surface area (Å²) in [7, 11) is 0. The topological polar surface area (TPSA) is 73.7 Å². The summed E-state index contributed by atoms with van der Waals surface area (Å²) in [6, 6.07) is 14.7. The number of esters is 1. The normalized spacial score (nSPS) is 18.0. The SMILES string of the molecule is CCCCN1C(=O)[C@H](C(=O)OCC)[C@@H](c2ccccc2OCC)n2c1nc1ccccc12. The number of hydrogen-bond acceptors (Lipinski definition) is 5. The lowest BCUT2D eigenvalue weighted by Gasteiger charge is -2.38. The average Bonchev–Trinajstić information content (AvgIpc) is 3.18. The van der Waals surface area contributed by atoms with Crippen molar-refractivity contribution < 1.29 is 19.1 Å². The van der Waals surface area contributed by atoms with Crippen LogP contribution in [0.2, 0.25) is 0 Å². The van der Waals surface area contributed by atoms with E-state index in [4.69, 9.17) is 14.5 Å². The molecule has 1 aliphatic heterocycles. The highest BCUT2D eigenvalue weighted by molar-refractivity contribution is 6.08. The van der Waals surface area contributed by atoms with Gasteiger partial charge in [-0.05, 0) is 38.5 Å². The Balaban J connectivity index is 2.00. The molecule has 0 N–H and O–H groups in total. The van der Waals surface area contributed by atoms with Gasteiger partial charge in [-0.25, -0.2) is 4.98 Å². The maximum atomic E-state index is 13.8. The summed E-state index contributed by atoms with van der Waals surface area (Å²) in [4.78, 5) is 33.4. The van der Waals surface area contributed by atoms with Gasteiger partial charge < -0.3 is 14.0 Å². The van der Waals surface area contributed by atoms with Gasteiger partial charge in [-0.1, -0.05) is 43.7 Å². The Labute approximate surface area is 187 Å². The molecule has 0 fully saturated rings. The lowest BCUT2D eigenvalue weighted by Crippen LogP contribution is -2.50. The molecule has 0 spiro atoms. The van der Waals surface area contributed by atoms with Crippen molar-refractivity contribution in [2.75, 3.05) is 24.7 Å². The number of fused-ring (bicyclic) bond motifs is 3. The molecule has 7 nitrogen and oxygen atoms in total. The van der Waals surface area contributed by atoms with E-state index in [2.05, 4.69) is 6.92 Å². The first kappa shape index (κ1) is 21.9. The molecule has 32 heavy (non-hydrogen) atoms. The number of rotatable bonds is 8. The summed E-state index contributed by atoms with van der Waals surface area (Å²) in [5.74, 6) is -0.636. The van der Waals surface area contributed by atoms with Crippen LogP contribution in [0.1, 0.15) is 45.2 Å². The quantitative estimate of drug-likeness (QED) is 0.388. The molecule has 0 radical (unpaired) electrons. The van der Waals surface area contributed by atoms with Gasteiger partial charge in [0, 0.05) is 12.1 Å². The number of nitrogens with zero attached hydrogens (tertiary/aromatic N) is 3. The van der Waals surface area contributed by atoms with Crippen LogP contribution in [0, 0.1) is 5.92 Å². The van der Waals surface area contributed by atoms with Crippen LogP contribution >= 0.6 is 0 Å². The monoisotopic (exact) mass is 435 g/mol. The molecule has 7 heteroatoms. The number of imidazole rings is 1. The Morgan fingerprint density at radius 2 is 1.78 bits per heavy atom. The third-order valence-corrected chi connectivity index (χ3v) is 5.76. The second-order valence-electron chi connectivity index (χ2n) is 7.76. The number of amides is 1. The molecule has 2 aromatic carbocycles. The summed E-state index contributed by atoms with van der Waals surface area (Å²) in [5, 5.41) is 0. The van der Waals surface area contributed by atoms with Gasteiger partial charge >= 0.3 is 5.97 Å².